The fourth-order valence-corrected chi connectivity index (χ4v) is 1.60. The van der Waals surface area contributed by atoms with Gasteiger partial charge >= 0.3 is 5.97 Å². The summed E-state index contributed by atoms with van der Waals surface area (Å²) in [6, 6.07) is 1.69. The summed E-state index contributed by atoms with van der Waals surface area (Å²) >= 11 is 0. The standard InChI is InChI=1S/C13H21N3O2/c1-5-9-6-11(15-8-14-9)16-10(7-12(17)18)13(2,3)4/h6,8,10H,5,7H2,1-4H3,(H,17,18)(H,14,15,16). The van der Waals surface area contributed by atoms with E-state index in [-0.39, 0.29) is 17.9 Å². The summed E-state index contributed by atoms with van der Waals surface area (Å²) in [6.07, 6.45) is 2.40. The summed E-state index contributed by atoms with van der Waals surface area (Å²) in [5, 5.41) is 12.1. The Morgan fingerprint density at radius 3 is 2.61 bits per heavy atom. The van der Waals surface area contributed by atoms with Crippen LogP contribution in [-0.4, -0.2) is 27.1 Å². The van der Waals surface area contributed by atoms with Crippen molar-refractivity contribution in [3.8, 4) is 0 Å². The molecule has 1 heterocycles. The van der Waals surface area contributed by atoms with Gasteiger partial charge in [0.1, 0.15) is 12.1 Å². The van der Waals surface area contributed by atoms with Gasteiger partial charge in [0.05, 0.1) is 6.42 Å². The van der Waals surface area contributed by atoms with E-state index in [0.717, 1.165) is 12.1 Å². The van der Waals surface area contributed by atoms with E-state index in [2.05, 4.69) is 15.3 Å². The molecule has 5 heteroatoms. The molecule has 100 valence electrons. The summed E-state index contributed by atoms with van der Waals surface area (Å²) in [6.45, 7) is 8.05. The molecule has 0 aliphatic rings. The fraction of sp³-hybridized carbons (Fsp3) is 0.615. The van der Waals surface area contributed by atoms with Crippen LogP contribution in [0.25, 0.3) is 0 Å². The van der Waals surface area contributed by atoms with Crippen LogP contribution in [0, 0.1) is 5.41 Å². The van der Waals surface area contributed by atoms with E-state index in [0.29, 0.717) is 5.82 Å². The van der Waals surface area contributed by atoms with Gasteiger partial charge in [0.2, 0.25) is 0 Å². The first-order valence-corrected chi connectivity index (χ1v) is 6.12. The van der Waals surface area contributed by atoms with Gasteiger partial charge in [-0.2, -0.15) is 0 Å². The van der Waals surface area contributed by atoms with Crippen molar-refractivity contribution in [2.45, 2.75) is 46.6 Å². The van der Waals surface area contributed by atoms with Crippen LogP contribution in [0.15, 0.2) is 12.4 Å². The molecule has 0 saturated heterocycles. The van der Waals surface area contributed by atoms with E-state index < -0.39 is 5.97 Å². The molecule has 5 nitrogen and oxygen atoms in total. The molecule has 0 radical (unpaired) electrons. The van der Waals surface area contributed by atoms with E-state index in [9.17, 15) is 4.79 Å². The zero-order chi connectivity index (χ0) is 13.8. The van der Waals surface area contributed by atoms with Crippen molar-refractivity contribution in [1.29, 1.82) is 0 Å². The second-order valence-corrected chi connectivity index (χ2v) is 5.41. The minimum absolute atomic E-state index is 0.0644. The molecule has 0 fully saturated rings. The lowest BCUT2D eigenvalue weighted by atomic mass is 9.85. The SMILES string of the molecule is CCc1cc(NC(CC(=O)O)C(C)(C)C)ncn1. The second-order valence-electron chi connectivity index (χ2n) is 5.41. The molecule has 0 aliphatic carbocycles. The van der Waals surface area contributed by atoms with Crippen molar-refractivity contribution < 1.29 is 9.90 Å². The van der Waals surface area contributed by atoms with Crippen LogP contribution in [0.3, 0.4) is 0 Å². The van der Waals surface area contributed by atoms with Crippen LogP contribution < -0.4 is 5.32 Å². The zero-order valence-electron chi connectivity index (χ0n) is 11.4. The van der Waals surface area contributed by atoms with Gasteiger partial charge in [-0.05, 0) is 11.8 Å². The molecule has 1 atom stereocenters. The van der Waals surface area contributed by atoms with Crippen LogP contribution >= 0.6 is 0 Å². The average molecular weight is 251 g/mol. The third-order valence-electron chi connectivity index (χ3n) is 2.83. The lowest BCUT2D eigenvalue weighted by Gasteiger charge is -2.30. The first kappa shape index (κ1) is 14.4. The third-order valence-corrected chi connectivity index (χ3v) is 2.83. The van der Waals surface area contributed by atoms with Crippen molar-refractivity contribution in [2.24, 2.45) is 5.41 Å². The summed E-state index contributed by atoms with van der Waals surface area (Å²) in [7, 11) is 0. The molecule has 1 aromatic heterocycles. The predicted molar refractivity (Wildman–Crippen MR) is 70.5 cm³/mol. The summed E-state index contributed by atoms with van der Waals surface area (Å²) in [5.41, 5.74) is 0.783. The van der Waals surface area contributed by atoms with Gasteiger partial charge in [0, 0.05) is 17.8 Å². The molecular weight excluding hydrogens is 230 g/mol. The first-order chi connectivity index (χ1) is 8.32. The molecule has 0 aliphatic heterocycles. The number of aromatic nitrogens is 2. The van der Waals surface area contributed by atoms with Crippen LogP contribution in [0.4, 0.5) is 5.82 Å². The molecular formula is C13H21N3O2. The molecule has 1 unspecified atom stereocenters. The molecule has 1 aromatic rings. The van der Waals surface area contributed by atoms with Gasteiger partial charge < -0.3 is 10.4 Å². The van der Waals surface area contributed by atoms with Crippen LogP contribution in [0.1, 0.15) is 39.8 Å². The molecule has 0 saturated carbocycles. The Morgan fingerprint density at radius 2 is 2.11 bits per heavy atom. The van der Waals surface area contributed by atoms with Gasteiger partial charge in [-0.25, -0.2) is 9.97 Å². The molecule has 0 bridgehead atoms. The highest BCUT2D eigenvalue weighted by molar-refractivity contribution is 5.68. The highest BCUT2D eigenvalue weighted by Crippen LogP contribution is 2.25. The Bertz CT molecular complexity index is 413. The number of aryl methyl sites for hydroxylation is 1. The largest absolute Gasteiger partial charge is 0.481 e. The van der Waals surface area contributed by atoms with Crippen molar-refractivity contribution in [2.75, 3.05) is 5.32 Å². The minimum Gasteiger partial charge on any atom is -0.481 e. The third kappa shape index (κ3) is 4.31. The smallest absolute Gasteiger partial charge is 0.305 e. The van der Waals surface area contributed by atoms with Crippen LogP contribution in [0.2, 0.25) is 0 Å². The molecule has 18 heavy (non-hydrogen) atoms. The number of aliphatic carboxylic acids is 1. The van der Waals surface area contributed by atoms with Gasteiger partial charge in [-0.1, -0.05) is 27.7 Å². The summed E-state index contributed by atoms with van der Waals surface area (Å²) < 4.78 is 0. The van der Waals surface area contributed by atoms with E-state index >= 15 is 0 Å². The van der Waals surface area contributed by atoms with Crippen molar-refractivity contribution in [1.82, 2.24) is 9.97 Å². The monoisotopic (exact) mass is 251 g/mol. The maximum Gasteiger partial charge on any atom is 0.305 e. The Morgan fingerprint density at radius 1 is 1.44 bits per heavy atom. The molecule has 0 amide bonds. The Kier molecular flexibility index (Phi) is 4.64. The number of anilines is 1. The van der Waals surface area contributed by atoms with E-state index in [1.807, 2.05) is 33.8 Å². The second kappa shape index (κ2) is 5.80. The number of rotatable bonds is 5. The minimum atomic E-state index is -0.813. The number of carboxylic acids is 1. The number of hydrogen-bond donors (Lipinski definition) is 2. The topological polar surface area (TPSA) is 75.1 Å². The number of hydrogen-bond acceptors (Lipinski definition) is 4. The maximum absolute atomic E-state index is 10.9. The van der Waals surface area contributed by atoms with Gasteiger partial charge in [0.25, 0.3) is 0 Å². The van der Waals surface area contributed by atoms with E-state index in [4.69, 9.17) is 5.11 Å². The highest BCUT2D eigenvalue weighted by Gasteiger charge is 2.27. The van der Waals surface area contributed by atoms with Gasteiger partial charge in [0.15, 0.2) is 0 Å². The fourth-order valence-electron chi connectivity index (χ4n) is 1.60. The Balaban J connectivity index is 2.85. The highest BCUT2D eigenvalue weighted by atomic mass is 16.4. The van der Waals surface area contributed by atoms with Crippen LogP contribution in [0.5, 0.6) is 0 Å². The Hall–Kier alpha value is -1.65. The lowest BCUT2D eigenvalue weighted by Crippen LogP contribution is -2.36. The number of nitrogens with one attached hydrogen (secondary N) is 1. The predicted octanol–water partition coefficient (Wildman–Crippen LogP) is 2.34. The molecule has 0 aromatic carbocycles. The van der Waals surface area contributed by atoms with Crippen LogP contribution in [-0.2, 0) is 11.2 Å². The maximum atomic E-state index is 10.9. The molecule has 2 N–H and O–H groups in total. The summed E-state index contributed by atoms with van der Waals surface area (Å²) in [5.74, 6) is -0.129. The van der Waals surface area contributed by atoms with Gasteiger partial charge in [-0.3, -0.25) is 4.79 Å². The number of carboxylic acid groups (broad SMARTS) is 1. The number of carbonyl (C=O) groups is 1. The zero-order valence-corrected chi connectivity index (χ0v) is 11.4. The quantitative estimate of drug-likeness (QED) is 0.840. The summed E-state index contributed by atoms with van der Waals surface area (Å²) in [4.78, 5) is 19.2. The van der Waals surface area contributed by atoms with E-state index in [1.54, 1.807) is 0 Å². The van der Waals surface area contributed by atoms with Crippen molar-refractivity contribution >= 4 is 11.8 Å². The molecule has 0 spiro atoms. The van der Waals surface area contributed by atoms with Gasteiger partial charge in [-0.15, -0.1) is 0 Å². The van der Waals surface area contributed by atoms with Crippen molar-refractivity contribution in [3.05, 3.63) is 18.1 Å². The normalized spacial score (nSPS) is 13.1. The van der Waals surface area contributed by atoms with E-state index in [1.165, 1.54) is 6.33 Å². The van der Waals surface area contributed by atoms with Crippen molar-refractivity contribution in [3.63, 3.8) is 0 Å². The Labute approximate surface area is 108 Å². The first-order valence-electron chi connectivity index (χ1n) is 6.12. The molecule has 1 rings (SSSR count). The lowest BCUT2D eigenvalue weighted by molar-refractivity contribution is -0.137. The number of nitrogens with zero attached hydrogens (tertiary/aromatic N) is 2. The average Bonchev–Trinajstić information content (AvgIpc) is 2.26.